The Balaban J connectivity index is 2.10. The minimum atomic E-state index is -0.491. The van der Waals surface area contributed by atoms with Gasteiger partial charge in [0.15, 0.2) is 0 Å². The quantitative estimate of drug-likeness (QED) is 0.645. The number of nitrogens with zero attached hydrogens (tertiary/aromatic N) is 1. The van der Waals surface area contributed by atoms with Gasteiger partial charge in [-0.3, -0.25) is 10.1 Å². The molecular formula is C11H8BrClN2O2S. The first-order valence-corrected chi connectivity index (χ1v) is 6.97. The molecule has 4 nitrogen and oxygen atoms in total. The third-order valence-corrected chi connectivity index (χ3v) is 4.18. The molecule has 0 aliphatic rings. The highest BCUT2D eigenvalue weighted by molar-refractivity contribution is 9.11. The van der Waals surface area contributed by atoms with Crippen LogP contribution in [0.2, 0.25) is 5.02 Å². The van der Waals surface area contributed by atoms with Crippen molar-refractivity contribution in [2.75, 3.05) is 5.32 Å². The highest BCUT2D eigenvalue weighted by atomic mass is 79.9. The molecule has 1 N–H and O–H groups in total. The number of anilines is 1. The van der Waals surface area contributed by atoms with E-state index >= 15 is 0 Å². The zero-order valence-corrected chi connectivity index (χ0v) is 12.2. The van der Waals surface area contributed by atoms with Gasteiger partial charge in [0.25, 0.3) is 5.69 Å². The van der Waals surface area contributed by atoms with E-state index in [0.29, 0.717) is 12.2 Å². The van der Waals surface area contributed by atoms with Crippen LogP contribution in [0.15, 0.2) is 34.1 Å². The molecule has 0 fully saturated rings. The second-order valence-corrected chi connectivity index (χ2v) is 6.44. The molecule has 1 aromatic carbocycles. The summed E-state index contributed by atoms with van der Waals surface area (Å²) in [5.41, 5.74) is 0.588. The summed E-state index contributed by atoms with van der Waals surface area (Å²) in [7, 11) is 0. The van der Waals surface area contributed by atoms with Gasteiger partial charge in [-0.2, -0.15) is 0 Å². The lowest BCUT2D eigenvalue weighted by Gasteiger charge is -2.05. The van der Waals surface area contributed by atoms with Crippen molar-refractivity contribution in [3.8, 4) is 0 Å². The summed E-state index contributed by atoms with van der Waals surface area (Å²) in [6, 6.07) is 8.63. The Morgan fingerprint density at radius 2 is 2.17 bits per heavy atom. The SMILES string of the molecule is O=[N+]([O-])c1cc(NCc2ccc(Br)s2)ccc1Cl. The summed E-state index contributed by atoms with van der Waals surface area (Å²) in [6.45, 7) is 0.620. The van der Waals surface area contributed by atoms with Crippen LogP contribution in [-0.4, -0.2) is 4.92 Å². The van der Waals surface area contributed by atoms with Gasteiger partial charge in [0.1, 0.15) is 5.02 Å². The monoisotopic (exact) mass is 346 g/mol. The van der Waals surface area contributed by atoms with Crippen LogP contribution in [0.3, 0.4) is 0 Å². The Morgan fingerprint density at radius 3 is 2.78 bits per heavy atom. The van der Waals surface area contributed by atoms with Crippen molar-refractivity contribution < 1.29 is 4.92 Å². The van der Waals surface area contributed by atoms with Crippen molar-refractivity contribution in [3.63, 3.8) is 0 Å². The molecule has 1 aromatic heterocycles. The number of nitrogens with one attached hydrogen (secondary N) is 1. The van der Waals surface area contributed by atoms with Gasteiger partial charge in [0.2, 0.25) is 0 Å². The van der Waals surface area contributed by atoms with E-state index in [1.54, 1.807) is 17.4 Å². The van der Waals surface area contributed by atoms with Crippen LogP contribution in [-0.2, 0) is 6.54 Å². The molecule has 18 heavy (non-hydrogen) atoms. The van der Waals surface area contributed by atoms with E-state index in [4.69, 9.17) is 11.6 Å². The zero-order chi connectivity index (χ0) is 13.1. The molecule has 0 bridgehead atoms. The van der Waals surface area contributed by atoms with E-state index in [9.17, 15) is 10.1 Å². The summed E-state index contributed by atoms with van der Waals surface area (Å²) in [5.74, 6) is 0. The first-order valence-electron chi connectivity index (χ1n) is 4.98. The Hall–Kier alpha value is -1.11. The third-order valence-electron chi connectivity index (χ3n) is 2.24. The van der Waals surface area contributed by atoms with Crippen LogP contribution in [0.1, 0.15) is 4.88 Å². The minimum absolute atomic E-state index is 0.0889. The van der Waals surface area contributed by atoms with Gasteiger partial charge < -0.3 is 5.32 Å². The molecule has 1 heterocycles. The van der Waals surface area contributed by atoms with E-state index < -0.39 is 4.92 Å². The van der Waals surface area contributed by atoms with Crippen molar-refractivity contribution in [1.82, 2.24) is 0 Å². The largest absolute Gasteiger partial charge is 0.380 e. The standard InChI is InChI=1S/C11H8BrClN2O2S/c12-11-4-2-8(18-11)6-14-7-1-3-9(13)10(5-7)15(16)17/h1-5,14H,6H2. The molecule has 0 aliphatic heterocycles. The molecule has 0 amide bonds. The highest BCUT2D eigenvalue weighted by Crippen LogP contribution is 2.28. The van der Waals surface area contributed by atoms with Gasteiger partial charge in [0, 0.05) is 23.2 Å². The Morgan fingerprint density at radius 1 is 1.39 bits per heavy atom. The molecule has 0 aliphatic carbocycles. The molecular weight excluding hydrogens is 340 g/mol. The highest BCUT2D eigenvalue weighted by Gasteiger charge is 2.12. The summed E-state index contributed by atoms with van der Waals surface area (Å²) < 4.78 is 1.06. The molecule has 2 rings (SSSR count). The second-order valence-electron chi connectivity index (χ2n) is 3.48. The van der Waals surface area contributed by atoms with Crippen molar-refractivity contribution in [2.24, 2.45) is 0 Å². The summed E-state index contributed by atoms with van der Waals surface area (Å²) >= 11 is 10.7. The molecule has 0 atom stereocenters. The third kappa shape index (κ3) is 3.22. The topological polar surface area (TPSA) is 55.2 Å². The average Bonchev–Trinajstić information content (AvgIpc) is 2.74. The van der Waals surface area contributed by atoms with Crippen LogP contribution in [0.5, 0.6) is 0 Å². The number of rotatable bonds is 4. The van der Waals surface area contributed by atoms with Gasteiger partial charge in [-0.25, -0.2) is 0 Å². The molecule has 7 heteroatoms. The first-order chi connectivity index (χ1) is 8.56. The fourth-order valence-corrected chi connectivity index (χ4v) is 3.01. The van der Waals surface area contributed by atoms with E-state index in [1.165, 1.54) is 12.1 Å². The number of benzene rings is 1. The van der Waals surface area contributed by atoms with Crippen LogP contribution in [0.25, 0.3) is 0 Å². The number of halogens is 2. The lowest BCUT2D eigenvalue weighted by atomic mass is 10.2. The predicted molar refractivity (Wildman–Crippen MR) is 77.5 cm³/mol. The second kappa shape index (κ2) is 5.69. The Labute approximate surface area is 121 Å². The van der Waals surface area contributed by atoms with Crippen molar-refractivity contribution in [1.29, 1.82) is 0 Å². The van der Waals surface area contributed by atoms with E-state index in [0.717, 1.165) is 8.66 Å². The van der Waals surface area contributed by atoms with Crippen molar-refractivity contribution in [3.05, 3.63) is 54.1 Å². The smallest absolute Gasteiger partial charge is 0.289 e. The fourth-order valence-electron chi connectivity index (χ4n) is 1.40. The lowest BCUT2D eigenvalue weighted by Crippen LogP contribution is -1.98. The number of hydrogen-bond acceptors (Lipinski definition) is 4. The Kier molecular flexibility index (Phi) is 4.21. The van der Waals surface area contributed by atoms with E-state index in [2.05, 4.69) is 21.2 Å². The number of nitro benzene ring substituents is 1. The molecule has 0 spiro atoms. The molecule has 2 aromatic rings. The summed E-state index contributed by atoms with van der Waals surface area (Å²) in [4.78, 5) is 11.4. The van der Waals surface area contributed by atoms with Crippen LogP contribution in [0, 0.1) is 10.1 Å². The van der Waals surface area contributed by atoms with Crippen molar-refractivity contribution in [2.45, 2.75) is 6.54 Å². The first kappa shape index (κ1) is 13.3. The molecule has 0 saturated heterocycles. The van der Waals surface area contributed by atoms with Crippen LogP contribution < -0.4 is 5.32 Å². The lowest BCUT2D eigenvalue weighted by molar-refractivity contribution is -0.384. The molecule has 0 radical (unpaired) electrons. The van der Waals surface area contributed by atoms with Gasteiger partial charge in [-0.15, -0.1) is 11.3 Å². The molecule has 94 valence electrons. The van der Waals surface area contributed by atoms with Crippen LogP contribution >= 0.6 is 38.9 Å². The molecule has 0 saturated carbocycles. The summed E-state index contributed by atoms with van der Waals surface area (Å²) in [6.07, 6.45) is 0. The maximum atomic E-state index is 10.7. The fraction of sp³-hybridized carbons (Fsp3) is 0.0909. The summed E-state index contributed by atoms with van der Waals surface area (Å²) in [5, 5.41) is 14.0. The van der Waals surface area contributed by atoms with Gasteiger partial charge in [-0.05, 0) is 40.2 Å². The van der Waals surface area contributed by atoms with Gasteiger partial charge in [0.05, 0.1) is 8.71 Å². The molecule has 0 unspecified atom stereocenters. The number of thiophene rings is 1. The maximum absolute atomic E-state index is 10.7. The number of nitro groups is 1. The van der Waals surface area contributed by atoms with Gasteiger partial charge in [-0.1, -0.05) is 11.6 Å². The Bertz CT molecular complexity index is 588. The van der Waals surface area contributed by atoms with E-state index in [-0.39, 0.29) is 10.7 Å². The average molecular weight is 348 g/mol. The number of hydrogen-bond donors (Lipinski definition) is 1. The zero-order valence-electron chi connectivity index (χ0n) is 9.02. The van der Waals surface area contributed by atoms with Crippen LogP contribution in [0.4, 0.5) is 11.4 Å². The van der Waals surface area contributed by atoms with Crippen molar-refractivity contribution >= 4 is 50.2 Å². The van der Waals surface area contributed by atoms with E-state index in [1.807, 2.05) is 12.1 Å². The maximum Gasteiger partial charge on any atom is 0.289 e. The van der Waals surface area contributed by atoms with Gasteiger partial charge >= 0.3 is 0 Å². The minimum Gasteiger partial charge on any atom is -0.380 e. The normalized spacial score (nSPS) is 10.3. The predicted octanol–water partition coefficient (Wildman–Crippen LogP) is 4.68.